The zero-order valence-corrected chi connectivity index (χ0v) is 12.9. The molecule has 1 atom stereocenters. The van der Waals surface area contributed by atoms with Gasteiger partial charge in [-0.25, -0.2) is 0 Å². The Morgan fingerprint density at radius 3 is 3.17 bits per heavy atom. The van der Waals surface area contributed by atoms with Gasteiger partial charge in [0.05, 0.1) is 15.5 Å². The fourth-order valence-electron chi connectivity index (χ4n) is 2.15. The van der Waals surface area contributed by atoms with E-state index < -0.39 is 0 Å². The van der Waals surface area contributed by atoms with Crippen molar-refractivity contribution in [1.82, 2.24) is 4.90 Å². The molecule has 0 N–H and O–H groups in total. The van der Waals surface area contributed by atoms with Crippen molar-refractivity contribution in [2.75, 3.05) is 19.7 Å². The quantitative estimate of drug-likeness (QED) is 0.844. The maximum absolute atomic E-state index is 12.3. The maximum atomic E-state index is 12.3. The number of nitrogens with zero attached hydrogens (tertiary/aromatic N) is 1. The topological polar surface area (TPSA) is 29.5 Å². The van der Waals surface area contributed by atoms with Gasteiger partial charge >= 0.3 is 0 Å². The fourth-order valence-corrected chi connectivity index (χ4v) is 3.28. The summed E-state index contributed by atoms with van der Waals surface area (Å²) < 4.78 is 6.75. The number of rotatable bonds is 4. The fraction of sp³-hybridized carbons (Fsp3) is 0.615. The van der Waals surface area contributed by atoms with Crippen LogP contribution >= 0.6 is 27.3 Å². The van der Waals surface area contributed by atoms with E-state index in [0.29, 0.717) is 0 Å². The van der Waals surface area contributed by atoms with E-state index in [9.17, 15) is 4.79 Å². The number of thiophene rings is 1. The highest BCUT2D eigenvalue weighted by molar-refractivity contribution is 9.11. The van der Waals surface area contributed by atoms with Gasteiger partial charge in [0.1, 0.15) is 0 Å². The summed E-state index contributed by atoms with van der Waals surface area (Å²) in [5.74, 6) is 0.127. The van der Waals surface area contributed by atoms with Crippen molar-refractivity contribution in [2.24, 2.45) is 0 Å². The Bertz CT molecular complexity index is 407. The molecular weight excluding hydrogens is 314 g/mol. The Morgan fingerprint density at radius 2 is 2.50 bits per heavy atom. The summed E-state index contributed by atoms with van der Waals surface area (Å²) in [5.41, 5.74) is 0.781. The molecule has 1 amide bonds. The van der Waals surface area contributed by atoms with Crippen LogP contribution in [-0.4, -0.2) is 36.6 Å². The highest BCUT2D eigenvalue weighted by atomic mass is 79.9. The summed E-state index contributed by atoms with van der Waals surface area (Å²) in [5, 5.41) is 1.91. The van der Waals surface area contributed by atoms with Crippen LogP contribution in [0.25, 0.3) is 0 Å². The van der Waals surface area contributed by atoms with Crippen LogP contribution in [0, 0.1) is 0 Å². The van der Waals surface area contributed by atoms with Crippen molar-refractivity contribution in [3.63, 3.8) is 0 Å². The Balaban J connectivity index is 1.94. The van der Waals surface area contributed by atoms with Gasteiger partial charge in [-0.05, 0) is 41.3 Å². The third-order valence-corrected chi connectivity index (χ3v) is 4.54. The van der Waals surface area contributed by atoms with E-state index in [1.807, 2.05) is 16.3 Å². The van der Waals surface area contributed by atoms with Gasteiger partial charge in [-0.2, -0.15) is 0 Å². The predicted molar refractivity (Wildman–Crippen MR) is 77.2 cm³/mol. The van der Waals surface area contributed by atoms with Crippen LogP contribution in [0.2, 0.25) is 0 Å². The average Bonchev–Trinajstić information content (AvgIpc) is 2.82. The SMILES string of the molecule is CCCOC1CCCN(C(=O)c2csc(Br)c2)C1. The molecule has 5 heteroatoms. The van der Waals surface area contributed by atoms with E-state index in [1.165, 1.54) is 0 Å². The molecule has 0 radical (unpaired) electrons. The van der Waals surface area contributed by atoms with Gasteiger partial charge in [0.15, 0.2) is 0 Å². The van der Waals surface area contributed by atoms with Crippen molar-refractivity contribution in [3.8, 4) is 0 Å². The Morgan fingerprint density at radius 1 is 1.67 bits per heavy atom. The molecule has 2 heterocycles. The summed E-state index contributed by atoms with van der Waals surface area (Å²) in [6.07, 6.45) is 3.34. The van der Waals surface area contributed by atoms with Crippen molar-refractivity contribution in [3.05, 3.63) is 20.8 Å². The van der Waals surface area contributed by atoms with E-state index in [1.54, 1.807) is 11.3 Å². The summed E-state index contributed by atoms with van der Waals surface area (Å²) in [6.45, 7) is 4.47. The van der Waals surface area contributed by atoms with Crippen molar-refractivity contribution < 1.29 is 9.53 Å². The van der Waals surface area contributed by atoms with Gasteiger partial charge in [0, 0.05) is 25.1 Å². The number of amides is 1. The smallest absolute Gasteiger partial charge is 0.254 e. The van der Waals surface area contributed by atoms with E-state index in [2.05, 4.69) is 22.9 Å². The zero-order chi connectivity index (χ0) is 13.0. The molecule has 0 saturated carbocycles. The minimum Gasteiger partial charge on any atom is -0.376 e. The second-order valence-corrected chi connectivity index (χ2v) is 6.82. The first-order valence-corrected chi connectivity index (χ1v) is 8.03. The Labute approximate surface area is 120 Å². The highest BCUT2D eigenvalue weighted by Crippen LogP contribution is 2.23. The first-order valence-electron chi connectivity index (χ1n) is 6.35. The standard InChI is InChI=1S/C13H18BrNO2S/c1-2-6-17-11-4-3-5-15(8-11)13(16)10-7-12(14)18-9-10/h7,9,11H,2-6,8H2,1H3. The number of ether oxygens (including phenoxy) is 1. The first kappa shape index (κ1) is 14.0. The van der Waals surface area contributed by atoms with Gasteiger partial charge in [0.2, 0.25) is 0 Å². The predicted octanol–water partition coefficient (Wildman–Crippen LogP) is 3.54. The second-order valence-electron chi connectivity index (χ2n) is 4.53. The van der Waals surface area contributed by atoms with E-state index >= 15 is 0 Å². The van der Waals surface area contributed by atoms with Crippen LogP contribution in [0.1, 0.15) is 36.5 Å². The number of carbonyl (C=O) groups is 1. The molecule has 0 spiro atoms. The molecule has 18 heavy (non-hydrogen) atoms. The zero-order valence-electron chi connectivity index (χ0n) is 10.5. The molecule has 1 aromatic rings. The van der Waals surface area contributed by atoms with Crippen molar-refractivity contribution >= 4 is 33.2 Å². The molecule has 0 aliphatic carbocycles. The van der Waals surface area contributed by atoms with Gasteiger partial charge in [0.25, 0.3) is 5.91 Å². The van der Waals surface area contributed by atoms with Crippen LogP contribution in [0.4, 0.5) is 0 Å². The lowest BCUT2D eigenvalue weighted by atomic mass is 10.1. The van der Waals surface area contributed by atoms with Crippen LogP contribution < -0.4 is 0 Å². The molecule has 3 nitrogen and oxygen atoms in total. The number of likely N-dealkylation sites (tertiary alicyclic amines) is 1. The lowest BCUT2D eigenvalue weighted by Gasteiger charge is -2.32. The molecule has 0 aromatic carbocycles. The molecule has 1 unspecified atom stereocenters. The largest absolute Gasteiger partial charge is 0.376 e. The molecule has 100 valence electrons. The lowest BCUT2D eigenvalue weighted by Crippen LogP contribution is -2.43. The third-order valence-electron chi connectivity index (χ3n) is 3.04. The second kappa shape index (κ2) is 6.68. The number of carbonyl (C=O) groups excluding carboxylic acids is 1. The average molecular weight is 332 g/mol. The summed E-state index contributed by atoms with van der Waals surface area (Å²) in [4.78, 5) is 14.2. The number of halogens is 1. The van der Waals surface area contributed by atoms with E-state index in [4.69, 9.17) is 4.74 Å². The monoisotopic (exact) mass is 331 g/mol. The van der Waals surface area contributed by atoms with Crippen LogP contribution in [0.5, 0.6) is 0 Å². The van der Waals surface area contributed by atoms with Crippen LogP contribution in [0.3, 0.4) is 0 Å². The maximum Gasteiger partial charge on any atom is 0.254 e. The van der Waals surface area contributed by atoms with E-state index in [-0.39, 0.29) is 12.0 Å². The minimum absolute atomic E-state index is 0.127. The minimum atomic E-state index is 0.127. The summed E-state index contributed by atoms with van der Waals surface area (Å²) >= 11 is 4.94. The van der Waals surface area contributed by atoms with Crippen LogP contribution in [0.15, 0.2) is 15.2 Å². The molecule has 2 rings (SSSR count). The molecule has 1 aliphatic rings. The van der Waals surface area contributed by atoms with Crippen molar-refractivity contribution in [1.29, 1.82) is 0 Å². The van der Waals surface area contributed by atoms with Crippen LogP contribution in [-0.2, 0) is 4.74 Å². The summed E-state index contributed by atoms with van der Waals surface area (Å²) in [6, 6.07) is 1.89. The molecule has 1 aromatic heterocycles. The molecule has 1 aliphatic heterocycles. The molecule has 1 fully saturated rings. The van der Waals surface area contributed by atoms with Gasteiger partial charge in [-0.3, -0.25) is 4.79 Å². The van der Waals surface area contributed by atoms with Crippen molar-refractivity contribution in [2.45, 2.75) is 32.3 Å². The molecular formula is C13H18BrNO2S. The highest BCUT2D eigenvalue weighted by Gasteiger charge is 2.25. The van der Waals surface area contributed by atoms with Gasteiger partial charge in [-0.15, -0.1) is 11.3 Å². The Hall–Kier alpha value is -0.390. The lowest BCUT2D eigenvalue weighted by molar-refractivity contribution is 0.00213. The number of piperidine rings is 1. The molecule has 0 bridgehead atoms. The normalized spacial score (nSPS) is 20.1. The van der Waals surface area contributed by atoms with Gasteiger partial charge < -0.3 is 9.64 Å². The Kier molecular flexibility index (Phi) is 5.21. The van der Waals surface area contributed by atoms with Gasteiger partial charge in [-0.1, -0.05) is 6.92 Å². The number of hydrogen-bond donors (Lipinski definition) is 0. The van der Waals surface area contributed by atoms with E-state index in [0.717, 1.165) is 48.3 Å². The first-order chi connectivity index (χ1) is 8.70. The molecule has 1 saturated heterocycles. The third kappa shape index (κ3) is 3.56. The number of hydrogen-bond acceptors (Lipinski definition) is 3. The summed E-state index contributed by atoms with van der Waals surface area (Å²) in [7, 11) is 0.